The fraction of sp³-hybridized carbons (Fsp3) is 0.250. The number of alkyl halides is 1. The van der Waals surface area contributed by atoms with Gasteiger partial charge < -0.3 is 9.73 Å². The van der Waals surface area contributed by atoms with Crippen LogP contribution in [0.15, 0.2) is 28.7 Å². The first-order chi connectivity index (χ1) is 7.69. The van der Waals surface area contributed by atoms with Gasteiger partial charge in [-0.1, -0.05) is 11.6 Å². The molecule has 1 amide bonds. The molecule has 2 rings (SSSR count). The lowest BCUT2D eigenvalue weighted by atomic mass is 10.2. The number of carbonyl (C=O) groups is 1. The third kappa shape index (κ3) is 2.36. The summed E-state index contributed by atoms with van der Waals surface area (Å²) in [5.74, 6) is 0.511. The molecule has 84 valence electrons. The number of carbonyl (C=O) groups excluding carboxylic acids is 1. The van der Waals surface area contributed by atoms with Gasteiger partial charge in [-0.15, -0.1) is 11.6 Å². The van der Waals surface area contributed by atoms with E-state index in [9.17, 15) is 4.79 Å². The molecular weight excluding hydrogens is 226 g/mol. The van der Waals surface area contributed by atoms with Crippen molar-refractivity contribution in [2.75, 3.05) is 5.88 Å². The molecule has 0 unspecified atom stereocenters. The zero-order valence-corrected chi connectivity index (χ0v) is 9.67. The fourth-order valence-corrected chi connectivity index (χ4v) is 1.63. The Morgan fingerprint density at radius 3 is 3.00 bits per heavy atom. The second kappa shape index (κ2) is 4.58. The highest BCUT2D eigenvalue weighted by atomic mass is 35.5. The molecule has 0 saturated heterocycles. The second-order valence-corrected chi connectivity index (χ2v) is 3.93. The zero-order valence-electron chi connectivity index (χ0n) is 8.92. The van der Waals surface area contributed by atoms with Crippen molar-refractivity contribution in [3.63, 3.8) is 0 Å². The van der Waals surface area contributed by atoms with Gasteiger partial charge in [0.15, 0.2) is 0 Å². The van der Waals surface area contributed by atoms with Crippen LogP contribution < -0.4 is 5.32 Å². The van der Waals surface area contributed by atoms with Crippen molar-refractivity contribution in [2.24, 2.45) is 0 Å². The molecule has 0 aliphatic heterocycles. The van der Waals surface area contributed by atoms with Crippen LogP contribution in [0.2, 0.25) is 0 Å². The molecule has 1 N–H and O–H groups in total. The van der Waals surface area contributed by atoms with Gasteiger partial charge in [-0.2, -0.15) is 0 Å². The first kappa shape index (κ1) is 11.0. The lowest BCUT2D eigenvalue weighted by Crippen LogP contribution is -2.23. The van der Waals surface area contributed by atoms with Gasteiger partial charge in [-0.25, -0.2) is 0 Å². The van der Waals surface area contributed by atoms with E-state index in [0.717, 1.165) is 16.7 Å². The van der Waals surface area contributed by atoms with Gasteiger partial charge in [0, 0.05) is 5.39 Å². The summed E-state index contributed by atoms with van der Waals surface area (Å²) >= 11 is 5.38. The van der Waals surface area contributed by atoms with Crippen LogP contribution in [0.4, 0.5) is 0 Å². The number of hydrogen-bond donors (Lipinski definition) is 1. The summed E-state index contributed by atoms with van der Waals surface area (Å²) in [7, 11) is 0. The number of furan rings is 1. The van der Waals surface area contributed by atoms with E-state index in [2.05, 4.69) is 5.32 Å². The summed E-state index contributed by atoms with van der Waals surface area (Å²) in [6, 6.07) is 7.90. The second-order valence-electron chi connectivity index (χ2n) is 3.66. The highest BCUT2D eigenvalue weighted by Gasteiger charge is 2.05. The van der Waals surface area contributed by atoms with Gasteiger partial charge in [-0.3, -0.25) is 4.79 Å². The Hall–Kier alpha value is -1.48. The fourth-order valence-electron chi connectivity index (χ4n) is 1.54. The van der Waals surface area contributed by atoms with Crippen LogP contribution in [0.3, 0.4) is 0 Å². The largest absolute Gasteiger partial charge is 0.459 e. The summed E-state index contributed by atoms with van der Waals surface area (Å²) < 4.78 is 5.56. The van der Waals surface area contributed by atoms with E-state index in [1.54, 1.807) is 0 Å². The van der Waals surface area contributed by atoms with Crippen molar-refractivity contribution in [3.8, 4) is 0 Å². The Kier molecular flexibility index (Phi) is 3.15. The quantitative estimate of drug-likeness (QED) is 0.834. The molecule has 4 heteroatoms. The SMILES string of the molecule is Cc1ccc2oc(CNC(=O)CCl)cc2c1. The summed E-state index contributed by atoms with van der Waals surface area (Å²) in [6.45, 7) is 2.40. The minimum absolute atomic E-state index is 0.0284. The summed E-state index contributed by atoms with van der Waals surface area (Å²) in [5.41, 5.74) is 2.02. The average molecular weight is 238 g/mol. The van der Waals surface area contributed by atoms with Crippen LogP contribution in [0.5, 0.6) is 0 Å². The molecule has 1 aromatic carbocycles. The Morgan fingerprint density at radius 1 is 1.44 bits per heavy atom. The number of halogens is 1. The molecule has 0 spiro atoms. The minimum Gasteiger partial charge on any atom is -0.459 e. The number of aryl methyl sites for hydroxylation is 1. The molecule has 1 aromatic heterocycles. The molecule has 0 aliphatic carbocycles. The van der Waals surface area contributed by atoms with E-state index in [1.807, 2.05) is 31.2 Å². The van der Waals surface area contributed by atoms with Crippen molar-refractivity contribution < 1.29 is 9.21 Å². The van der Waals surface area contributed by atoms with E-state index in [0.29, 0.717) is 6.54 Å². The van der Waals surface area contributed by atoms with Crippen molar-refractivity contribution in [1.29, 1.82) is 0 Å². The molecule has 0 aliphatic rings. The lowest BCUT2D eigenvalue weighted by molar-refractivity contribution is -0.118. The summed E-state index contributed by atoms with van der Waals surface area (Å²) in [4.78, 5) is 11.0. The highest BCUT2D eigenvalue weighted by Crippen LogP contribution is 2.20. The monoisotopic (exact) mass is 237 g/mol. The van der Waals surface area contributed by atoms with Crippen molar-refractivity contribution >= 4 is 28.5 Å². The van der Waals surface area contributed by atoms with Gasteiger partial charge in [0.25, 0.3) is 0 Å². The molecule has 0 fully saturated rings. The van der Waals surface area contributed by atoms with Crippen molar-refractivity contribution in [1.82, 2.24) is 5.32 Å². The Morgan fingerprint density at radius 2 is 2.25 bits per heavy atom. The zero-order chi connectivity index (χ0) is 11.5. The van der Waals surface area contributed by atoms with Gasteiger partial charge in [0.2, 0.25) is 5.91 Å². The Bertz CT molecular complexity index is 519. The maximum absolute atomic E-state index is 11.0. The van der Waals surface area contributed by atoms with Crippen LogP contribution >= 0.6 is 11.6 Å². The van der Waals surface area contributed by atoms with E-state index in [1.165, 1.54) is 5.56 Å². The Balaban J connectivity index is 2.16. The van der Waals surface area contributed by atoms with E-state index >= 15 is 0 Å². The van der Waals surface area contributed by atoms with Crippen LogP contribution in [0.1, 0.15) is 11.3 Å². The van der Waals surface area contributed by atoms with Crippen LogP contribution in [-0.2, 0) is 11.3 Å². The third-order valence-electron chi connectivity index (χ3n) is 2.30. The molecule has 0 radical (unpaired) electrons. The van der Waals surface area contributed by atoms with E-state index < -0.39 is 0 Å². The van der Waals surface area contributed by atoms with Crippen LogP contribution in [0.25, 0.3) is 11.0 Å². The number of hydrogen-bond acceptors (Lipinski definition) is 2. The number of rotatable bonds is 3. The van der Waals surface area contributed by atoms with E-state index in [4.69, 9.17) is 16.0 Å². The number of nitrogens with one attached hydrogen (secondary N) is 1. The molecule has 0 bridgehead atoms. The maximum Gasteiger partial charge on any atom is 0.235 e. The van der Waals surface area contributed by atoms with E-state index in [-0.39, 0.29) is 11.8 Å². The highest BCUT2D eigenvalue weighted by molar-refractivity contribution is 6.27. The molecule has 16 heavy (non-hydrogen) atoms. The van der Waals surface area contributed by atoms with Crippen molar-refractivity contribution in [3.05, 3.63) is 35.6 Å². The predicted molar refractivity (Wildman–Crippen MR) is 63.5 cm³/mol. The van der Waals surface area contributed by atoms with Gasteiger partial charge in [-0.05, 0) is 25.1 Å². The topological polar surface area (TPSA) is 42.2 Å². The maximum atomic E-state index is 11.0. The van der Waals surface area contributed by atoms with Gasteiger partial charge in [0.05, 0.1) is 6.54 Å². The van der Waals surface area contributed by atoms with Gasteiger partial charge >= 0.3 is 0 Å². The first-order valence-corrected chi connectivity index (χ1v) is 5.54. The minimum atomic E-state index is -0.196. The molecule has 2 aromatic rings. The number of benzene rings is 1. The molecule has 1 heterocycles. The van der Waals surface area contributed by atoms with Gasteiger partial charge in [0.1, 0.15) is 17.2 Å². The summed E-state index contributed by atoms with van der Waals surface area (Å²) in [6.07, 6.45) is 0. The first-order valence-electron chi connectivity index (χ1n) is 5.01. The van der Waals surface area contributed by atoms with Crippen molar-refractivity contribution in [2.45, 2.75) is 13.5 Å². The predicted octanol–water partition coefficient (Wildman–Crippen LogP) is 2.60. The molecule has 0 saturated carbocycles. The standard InChI is InChI=1S/C12H12ClNO2/c1-8-2-3-11-9(4-8)5-10(16-11)7-14-12(15)6-13/h2-5H,6-7H2,1H3,(H,14,15). The molecular formula is C12H12ClNO2. The average Bonchev–Trinajstić information content (AvgIpc) is 2.67. The molecule has 3 nitrogen and oxygen atoms in total. The number of fused-ring (bicyclic) bond motifs is 1. The molecule has 0 atom stereocenters. The Labute approximate surface area is 98.4 Å². The smallest absolute Gasteiger partial charge is 0.235 e. The summed E-state index contributed by atoms with van der Waals surface area (Å²) in [5, 5.41) is 3.71. The normalized spacial score (nSPS) is 10.6. The lowest BCUT2D eigenvalue weighted by Gasteiger charge is -1.98. The third-order valence-corrected chi connectivity index (χ3v) is 2.55. The number of amides is 1. The van der Waals surface area contributed by atoms with Crippen LogP contribution in [-0.4, -0.2) is 11.8 Å². The van der Waals surface area contributed by atoms with Crippen LogP contribution in [0, 0.1) is 6.92 Å².